The van der Waals surface area contributed by atoms with Crippen LogP contribution in [0.3, 0.4) is 0 Å². The summed E-state index contributed by atoms with van der Waals surface area (Å²) in [5.41, 5.74) is 7.45. The summed E-state index contributed by atoms with van der Waals surface area (Å²) in [4.78, 5) is 4.29. The van der Waals surface area contributed by atoms with E-state index in [1.165, 1.54) is 0 Å². The molecular weight excluding hydrogens is 178 g/mol. The van der Waals surface area contributed by atoms with Gasteiger partial charge in [0.05, 0.1) is 24.8 Å². The number of imidazole rings is 1. The van der Waals surface area contributed by atoms with Gasteiger partial charge in [0, 0.05) is 18.3 Å². The van der Waals surface area contributed by atoms with Crippen molar-refractivity contribution in [1.29, 1.82) is 0 Å². The van der Waals surface area contributed by atoms with Crippen LogP contribution >= 0.6 is 0 Å². The molecule has 0 amide bonds. The highest BCUT2D eigenvalue weighted by atomic mass is 16.3. The third kappa shape index (κ3) is 1.44. The van der Waals surface area contributed by atoms with Crippen LogP contribution in [0.5, 0.6) is 0 Å². The smallest absolute Gasteiger partial charge is 0.126 e. The summed E-state index contributed by atoms with van der Waals surface area (Å²) in [6.07, 6.45) is 5.44. The third-order valence-electron chi connectivity index (χ3n) is 2.21. The first-order chi connectivity index (χ1) is 6.85. The van der Waals surface area contributed by atoms with Crippen LogP contribution in [0.25, 0.3) is 11.3 Å². The molecule has 74 valence electrons. The van der Waals surface area contributed by atoms with E-state index in [0.29, 0.717) is 6.54 Å². The van der Waals surface area contributed by atoms with Gasteiger partial charge < -0.3 is 14.7 Å². The quantitative estimate of drug-likeness (QED) is 0.802. The highest BCUT2D eigenvalue weighted by Crippen LogP contribution is 2.22. The Balaban J connectivity index is 2.38. The zero-order chi connectivity index (χ0) is 9.97. The monoisotopic (exact) mass is 191 g/mol. The fraction of sp³-hybridized carbons (Fsp3) is 0.300. The summed E-state index contributed by atoms with van der Waals surface area (Å²) in [6.45, 7) is 3.40. The van der Waals surface area contributed by atoms with Crippen LogP contribution in [0.15, 0.2) is 29.3 Å². The number of hydrogen-bond acceptors (Lipinski definition) is 3. The predicted molar refractivity (Wildman–Crippen MR) is 53.5 cm³/mol. The topological polar surface area (TPSA) is 57.0 Å². The number of hydrogen-bond donors (Lipinski definition) is 1. The molecule has 0 saturated heterocycles. The van der Waals surface area contributed by atoms with Gasteiger partial charge in [0.25, 0.3) is 0 Å². The van der Waals surface area contributed by atoms with Crippen LogP contribution in [0.4, 0.5) is 0 Å². The maximum Gasteiger partial charge on any atom is 0.126 e. The summed E-state index contributed by atoms with van der Waals surface area (Å²) in [5.74, 6) is 0.784. The minimum absolute atomic E-state index is 0.404. The minimum atomic E-state index is 0.404. The molecule has 4 heteroatoms. The maximum absolute atomic E-state index is 5.54. The molecule has 2 rings (SSSR count). The average molecular weight is 191 g/mol. The zero-order valence-corrected chi connectivity index (χ0v) is 8.10. The lowest BCUT2D eigenvalue weighted by atomic mass is 10.2. The molecule has 14 heavy (non-hydrogen) atoms. The molecule has 0 aliphatic rings. The Morgan fingerprint density at radius 2 is 2.43 bits per heavy atom. The van der Waals surface area contributed by atoms with E-state index in [9.17, 15) is 0 Å². The fourth-order valence-corrected chi connectivity index (χ4v) is 1.40. The molecule has 0 aliphatic heterocycles. The Morgan fingerprint density at radius 1 is 1.57 bits per heavy atom. The number of aryl methyl sites for hydroxylation is 1. The molecule has 0 spiro atoms. The fourth-order valence-electron chi connectivity index (χ4n) is 1.40. The van der Waals surface area contributed by atoms with Gasteiger partial charge in [-0.05, 0) is 13.0 Å². The van der Waals surface area contributed by atoms with Crippen LogP contribution in [0.1, 0.15) is 12.7 Å². The van der Waals surface area contributed by atoms with E-state index in [2.05, 4.69) is 11.9 Å². The number of nitrogens with two attached hydrogens (primary N) is 1. The van der Waals surface area contributed by atoms with E-state index in [4.69, 9.17) is 10.2 Å². The molecule has 2 aromatic rings. The third-order valence-corrected chi connectivity index (χ3v) is 2.21. The molecule has 0 unspecified atom stereocenters. The van der Waals surface area contributed by atoms with E-state index in [-0.39, 0.29) is 0 Å². The van der Waals surface area contributed by atoms with Crippen molar-refractivity contribution in [3.05, 3.63) is 30.6 Å². The highest BCUT2D eigenvalue weighted by molar-refractivity contribution is 5.60. The van der Waals surface area contributed by atoms with Crippen molar-refractivity contribution < 1.29 is 4.42 Å². The lowest BCUT2D eigenvalue weighted by molar-refractivity contribution is 0.513. The van der Waals surface area contributed by atoms with E-state index >= 15 is 0 Å². The number of furan rings is 1. The van der Waals surface area contributed by atoms with Gasteiger partial charge in [0.2, 0.25) is 0 Å². The molecule has 2 N–H and O–H groups in total. The van der Waals surface area contributed by atoms with Crippen molar-refractivity contribution in [2.75, 3.05) is 0 Å². The molecule has 0 bridgehead atoms. The average Bonchev–Trinajstić information content (AvgIpc) is 2.85. The van der Waals surface area contributed by atoms with Crippen molar-refractivity contribution >= 4 is 0 Å². The summed E-state index contributed by atoms with van der Waals surface area (Å²) in [7, 11) is 0. The van der Waals surface area contributed by atoms with Crippen molar-refractivity contribution in [3.8, 4) is 11.3 Å². The standard InChI is InChI=1S/C10H13N3O/c1-2-13-6-9(12-7-13)8-3-4-14-10(8)5-11/h3-4,6-7H,2,5,11H2,1H3. The second-order valence-corrected chi connectivity index (χ2v) is 3.05. The molecule has 0 atom stereocenters. The van der Waals surface area contributed by atoms with Gasteiger partial charge in [-0.1, -0.05) is 0 Å². The number of nitrogens with zero attached hydrogens (tertiary/aromatic N) is 2. The Labute approximate surface area is 82.4 Å². The molecule has 0 radical (unpaired) electrons. The largest absolute Gasteiger partial charge is 0.467 e. The minimum Gasteiger partial charge on any atom is -0.467 e. The predicted octanol–water partition coefficient (Wildman–Crippen LogP) is 1.62. The molecule has 0 saturated carbocycles. The van der Waals surface area contributed by atoms with Crippen molar-refractivity contribution in [3.63, 3.8) is 0 Å². The molecule has 4 nitrogen and oxygen atoms in total. The lowest BCUT2D eigenvalue weighted by Gasteiger charge is -1.95. The molecule has 0 aliphatic carbocycles. The van der Waals surface area contributed by atoms with Gasteiger partial charge in [-0.25, -0.2) is 4.98 Å². The van der Waals surface area contributed by atoms with Gasteiger partial charge in [-0.3, -0.25) is 0 Å². The molecule has 0 aromatic carbocycles. The van der Waals surface area contributed by atoms with Gasteiger partial charge in [0.15, 0.2) is 0 Å². The van der Waals surface area contributed by atoms with Crippen molar-refractivity contribution in [2.45, 2.75) is 20.0 Å². The number of rotatable bonds is 3. The normalized spacial score (nSPS) is 10.7. The Hall–Kier alpha value is -1.55. The summed E-state index contributed by atoms with van der Waals surface area (Å²) < 4.78 is 7.25. The van der Waals surface area contributed by atoms with Gasteiger partial charge in [-0.15, -0.1) is 0 Å². The molecule has 2 heterocycles. The first kappa shape index (κ1) is 9.02. The Morgan fingerprint density at radius 3 is 3.07 bits per heavy atom. The second-order valence-electron chi connectivity index (χ2n) is 3.05. The van der Waals surface area contributed by atoms with E-state index in [1.807, 2.05) is 23.2 Å². The first-order valence-corrected chi connectivity index (χ1v) is 4.63. The Bertz CT molecular complexity index is 416. The van der Waals surface area contributed by atoms with Gasteiger partial charge >= 0.3 is 0 Å². The second kappa shape index (κ2) is 3.67. The summed E-state index contributed by atoms with van der Waals surface area (Å²) in [6, 6.07) is 1.89. The molecular formula is C10H13N3O. The SMILES string of the molecule is CCn1cnc(-c2ccoc2CN)c1. The lowest BCUT2D eigenvalue weighted by Crippen LogP contribution is -1.95. The van der Waals surface area contributed by atoms with Crippen LogP contribution < -0.4 is 5.73 Å². The highest BCUT2D eigenvalue weighted by Gasteiger charge is 2.09. The maximum atomic E-state index is 5.54. The Kier molecular flexibility index (Phi) is 2.37. The number of aromatic nitrogens is 2. The van der Waals surface area contributed by atoms with Crippen molar-refractivity contribution in [2.24, 2.45) is 5.73 Å². The van der Waals surface area contributed by atoms with Crippen LogP contribution in [-0.4, -0.2) is 9.55 Å². The zero-order valence-electron chi connectivity index (χ0n) is 8.10. The first-order valence-electron chi connectivity index (χ1n) is 4.63. The molecule has 0 fully saturated rings. The molecule has 2 aromatic heterocycles. The van der Waals surface area contributed by atoms with Crippen LogP contribution in [-0.2, 0) is 13.1 Å². The van der Waals surface area contributed by atoms with Gasteiger partial charge in [-0.2, -0.15) is 0 Å². The van der Waals surface area contributed by atoms with E-state index < -0.39 is 0 Å². The summed E-state index contributed by atoms with van der Waals surface area (Å²) in [5, 5.41) is 0. The van der Waals surface area contributed by atoms with E-state index in [0.717, 1.165) is 23.6 Å². The van der Waals surface area contributed by atoms with Crippen molar-refractivity contribution in [1.82, 2.24) is 9.55 Å². The van der Waals surface area contributed by atoms with Gasteiger partial charge in [0.1, 0.15) is 5.76 Å². The summed E-state index contributed by atoms with van der Waals surface area (Å²) >= 11 is 0. The van der Waals surface area contributed by atoms with Crippen LogP contribution in [0.2, 0.25) is 0 Å². The van der Waals surface area contributed by atoms with Crippen LogP contribution in [0, 0.1) is 0 Å². The van der Waals surface area contributed by atoms with E-state index in [1.54, 1.807) is 6.26 Å².